The van der Waals surface area contributed by atoms with Crippen molar-refractivity contribution in [1.82, 2.24) is 14.8 Å². The SMILES string of the molecule is CCSc1ccc(N(C)c2nnns2)cc1. The molecule has 2 rings (SSSR count). The molecule has 6 heteroatoms. The zero-order chi connectivity index (χ0) is 11.4. The van der Waals surface area contributed by atoms with Gasteiger partial charge in [0.05, 0.1) is 0 Å². The highest BCUT2D eigenvalue weighted by Crippen LogP contribution is 2.26. The van der Waals surface area contributed by atoms with Crippen molar-refractivity contribution in [2.45, 2.75) is 11.8 Å². The molecule has 1 aromatic carbocycles. The van der Waals surface area contributed by atoms with E-state index in [2.05, 4.69) is 46.0 Å². The summed E-state index contributed by atoms with van der Waals surface area (Å²) in [5.74, 6) is 1.09. The van der Waals surface area contributed by atoms with Crippen LogP contribution in [0.4, 0.5) is 10.8 Å². The molecule has 0 aliphatic rings. The summed E-state index contributed by atoms with van der Waals surface area (Å²) in [6, 6.07) is 8.40. The van der Waals surface area contributed by atoms with Gasteiger partial charge in [0, 0.05) is 29.2 Å². The average Bonchev–Trinajstić information content (AvgIpc) is 2.83. The summed E-state index contributed by atoms with van der Waals surface area (Å²) in [5, 5.41) is 8.32. The summed E-state index contributed by atoms with van der Waals surface area (Å²) < 4.78 is 3.75. The highest BCUT2D eigenvalue weighted by atomic mass is 32.2. The van der Waals surface area contributed by atoms with Crippen molar-refractivity contribution in [3.05, 3.63) is 24.3 Å². The van der Waals surface area contributed by atoms with Gasteiger partial charge in [0.1, 0.15) is 0 Å². The molecule has 0 amide bonds. The predicted octanol–water partition coefficient (Wildman–Crippen LogP) is 2.81. The molecule has 84 valence electrons. The first-order valence-electron chi connectivity index (χ1n) is 4.93. The third-order valence-corrected chi connectivity index (χ3v) is 3.68. The zero-order valence-electron chi connectivity index (χ0n) is 9.12. The molecule has 0 atom stereocenters. The number of thioether (sulfide) groups is 1. The van der Waals surface area contributed by atoms with E-state index in [4.69, 9.17) is 0 Å². The van der Waals surface area contributed by atoms with Crippen molar-refractivity contribution in [3.8, 4) is 0 Å². The van der Waals surface area contributed by atoms with E-state index in [1.54, 1.807) is 0 Å². The molecule has 0 aliphatic heterocycles. The summed E-state index contributed by atoms with van der Waals surface area (Å²) >= 11 is 3.13. The molecular formula is C10H12N4S2. The second-order valence-corrected chi connectivity index (χ2v) is 5.18. The Hall–Kier alpha value is -1.14. The van der Waals surface area contributed by atoms with Gasteiger partial charge in [-0.1, -0.05) is 16.5 Å². The van der Waals surface area contributed by atoms with Crippen molar-refractivity contribution in [1.29, 1.82) is 0 Å². The van der Waals surface area contributed by atoms with Crippen molar-refractivity contribution in [2.24, 2.45) is 0 Å². The first-order chi connectivity index (χ1) is 7.81. The van der Waals surface area contributed by atoms with Gasteiger partial charge >= 0.3 is 0 Å². The van der Waals surface area contributed by atoms with Crippen molar-refractivity contribution >= 4 is 34.1 Å². The van der Waals surface area contributed by atoms with Gasteiger partial charge in [0.2, 0.25) is 5.13 Å². The number of anilines is 2. The molecule has 0 radical (unpaired) electrons. The summed E-state index contributed by atoms with van der Waals surface area (Å²) in [5.41, 5.74) is 1.10. The van der Waals surface area contributed by atoms with E-state index in [-0.39, 0.29) is 0 Å². The van der Waals surface area contributed by atoms with E-state index < -0.39 is 0 Å². The minimum atomic E-state index is 0.802. The molecule has 1 heterocycles. The highest BCUT2D eigenvalue weighted by Gasteiger charge is 2.07. The van der Waals surface area contributed by atoms with E-state index in [0.717, 1.165) is 16.6 Å². The summed E-state index contributed by atoms with van der Waals surface area (Å²) in [7, 11) is 1.96. The maximum Gasteiger partial charge on any atom is 0.232 e. The lowest BCUT2D eigenvalue weighted by Crippen LogP contribution is -2.08. The number of aromatic nitrogens is 3. The molecule has 4 nitrogen and oxygen atoms in total. The summed E-state index contributed by atoms with van der Waals surface area (Å²) in [6.45, 7) is 2.15. The van der Waals surface area contributed by atoms with Crippen LogP contribution in [0.1, 0.15) is 6.92 Å². The molecule has 0 saturated heterocycles. The fraction of sp³-hybridized carbons (Fsp3) is 0.300. The van der Waals surface area contributed by atoms with Gasteiger partial charge in [-0.05, 0) is 35.2 Å². The third-order valence-electron chi connectivity index (χ3n) is 2.11. The molecule has 1 aromatic heterocycles. The zero-order valence-corrected chi connectivity index (χ0v) is 10.8. The number of benzene rings is 1. The second-order valence-electron chi connectivity index (χ2n) is 3.13. The van der Waals surface area contributed by atoms with Crippen molar-refractivity contribution < 1.29 is 0 Å². The van der Waals surface area contributed by atoms with Crippen LogP contribution >= 0.6 is 23.3 Å². The quantitative estimate of drug-likeness (QED) is 0.783. The Bertz CT molecular complexity index is 427. The number of hydrogen-bond acceptors (Lipinski definition) is 6. The van der Waals surface area contributed by atoms with E-state index in [0.29, 0.717) is 0 Å². The predicted molar refractivity (Wildman–Crippen MR) is 68.6 cm³/mol. The maximum absolute atomic E-state index is 3.93. The third kappa shape index (κ3) is 2.51. The van der Waals surface area contributed by atoms with Gasteiger partial charge in [0.25, 0.3) is 0 Å². The minimum Gasteiger partial charge on any atom is -0.318 e. The molecule has 0 bridgehead atoms. The van der Waals surface area contributed by atoms with E-state index in [1.165, 1.54) is 16.4 Å². The molecule has 0 unspecified atom stereocenters. The lowest BCUT2D eigenvalue weighted by molar-refractivity contribution is 0.944. The molecule has 16 heavy (non-hydrogen) atoms. The molecule has 0 fully saturated rings. The number of nitrogens with zero attached hydrogens (tertiary/aromatic N) is 4. The van der Waals surface area contributed by atoms with Crippen LogP contribution in [0.15, 0.2) is 29.2 Å². The van der Waals surface area contributed by atoms with Gasteiger partial charge in [-0.3, -0.25) is 0 Å². The van der Waals surface area contributed by atoms with Crippen LogP contribution in [0.5, 0.6) is 0 Å². The Morgan fingerprint density at radius 1 is 1.31 bits per heavy atom. The number of hydrogen-bond donors (Lipinski definition) is 0. The van der Waals surface area contributed by atoms with Crippen molar-refractivity contribution in [3.63, 3.8) is 0 Å². The molecule has 0 spiro atoms. The number of rotatable bonds is 4. The van der Waals surface area contributed by atoms with Gasteiger partial charge in [-0.2, -0.15) is 0 Å². The highest BCUT2D eigenvalue weighted by molar-refractivity contribution is 7.99. The van der Waals surface area contributed by atoms with Gasteiger partial charge in [-0.25, -0.2) is 0 Å². The van der Waals surface area contributed by atoms with E-state index in [9.17, 15) is 0 Å². The Kier molecular flexibility index (Phi) is 3.74. The standard InChI is InChI=1S/C10H12N4S2/c1-3-15-9-6-4-8(5-7-9)14(2)10-11-12-13-16-10/h4-7H,3H2,1-2H3. The first kappa shape index (κ1) is 11.3. The van der Waals surface area contributed by atoms with Crippen LogP contribution in [0, 0.1) is 0 Å². The fourth-order valence-electron chi connectivity index (χ4n) is 1.30. The Labute approximate surface area is 103 Å². The molecule has 0 saturated carbocycles. The van der Waals surface area contributed by atoms with Crippen LogP contribution < -0.4 is 4.90 Å². The Morgan fingerprint density at radius 2 is 2.06 bits per heavy atom. The lowest BCUT2D eigenvalue weighted by atomic mass is 10.3. The largest absolute Gasteiger partial charge is 0.318 e. The van der Waals surface area contributed by atoms with Crippen LogP contribution in [-0.2, 0) is 0 Å². The molecule has 0 aliphatic carbocycles. The van der Waals surface area contributed by atoms with Crippen molar-refractivity contribution in [2.75, 3.05) is 17.7 Å². The summed E-state index contributed by atoms with van der Waals surface area (Å²) in [4.78, 5) is 3.26. The fourth-order valence-corrected chi connectivity index (χ4v) is 2.41. The summed E-state index contributed by atoms with van der Waals surface area (Å²) in [6.07, 6.45) is 0. The lowest BCUT2D eigenvalue weighted by Gasteiger charge is -2.14. The minimum absolute atomic E-state index is 0.802. The van der Waals surface area contributed by atoms with Crippen LogP contribution in [0.25, 0.3) is 0 Å². The van der Waals surface area contributed by atoms with Gasteiger partial charge in [0.15, 0.2) is 0 Å². The van der Waals surface area contributed by atoms with Crippen LogP contribution in [0.3, 0.4) is 0 Å². The maximum atomic E-state index is 3.93. The molecular weight excluding hydrogens is 240 g/mol. The molecule has 2 aromatic rings. The van der Waals surface area contributed by atoms with E-state index in [1.807, 2.05) is 23.7 Å². The second kappa shape index (κ2) is 5.27. The Balaban J connectivity index is 2.15. The smallest absolute Gasteiger partial charge is 0.232 e. The average molecular weight is 252 g/mol. The van der Waals surface area contributed by atoms with E-state index >= 15 is 0 Å². The monoisotopic (exact) mass is 252 g/mol. The van der Waals surface area contributed by atoms with Crippen LogP contribution in [-0.4, -0.2) is 27.6 Å². The molecule has 0 N–H and O–H groups in total. The van der Waals surface area contributed by atoms with Gasteiger partial charge in [-0.15, -0.1) is 11.8 Å². The Morgan fingerprint density at radius 3 is 2.62 bits per heavy atom. The normalized spacial score (nSPS) is 10.4. The topological polar surface area (TPSA) is 41.9 Å². The van der Waals surface area contributed by atoms with Gasteiger partial charge < -0.3 is 4.90 Å². The first-order valence-corrected chi connectivity index (χ1v) is 6.69. The van der Waals surface area contributed by atoms with Crippen LogP contribution in [0.2, 0.25) is 0 Å².